The van der Waals surface area contributed by atoms with Crippen molar-refractivity contribution in [2.24, 2.45) is 0 Å². The normalized spacial score (nSPS) is 11.2. The van der Waals surface area contributed by atoms with Crippen LogP contribution in [0.3, 0.4) is 0 Å². The average molecular weight is 369 g/mol. The number of para-hydroxylation sites is 1. The molecule has 0 amide bonds. The smallest absolute Gasteiger partial charge is 0.210 e. The minimum atomic E-state index is 0.0747. The Morgan fingerprint density at radius 3 is 3.00 bits per heavy atom. The van der Waals surface area contributed by atoms with Crippen LogP contribution in [0.4, 0.5) is 0 Å². The van der Waals surface area contributed by atoms with Gasteiger partial charge in [-0.05, 0) is 34.9 Å². The van der Waals surface area contributed by atoms with E-state index >= 15 is 0 Å². The molecule has 3 heterocycles. The summed E-state index contributed by atoms with van der Waals surface area (Å²) in [5, 5.41) is 15.4. The highest BCUT2D eigenvalue weighted by Crippen LogP contribution is 2.25. The van der Waals surface area contributed by atoms with Gasteiger partial charge in [-0.25, -0.2) is 4.68 Å². The fourth-order valence-corrected chi connectivity index (χ4v) is 4.22. The van der Waals surface area contributed by atoms with Crippen LogP contribution in [-0.4, -0.2) is 36.7 Å². The minimum Gasteiger partial charge on any atom is -0.358 e. The number of aryl methyl sites for hydroxylation is 1. The monoisotopic (exact) mass is 369 g/mol. The van der Waals surface area contributed by atoms with Gasteiger partial charge in [-0.15, -0.1) is 16.4 Å². The molecule has 0 radical (unpaired) electrons. The fraction of sp³-hybridized carbons (Fsp3) is 0.176. The molecule has 4 rings (SSSR count). The lowest BCUT2D eigenvalue weighted by atomic mass is 10.1. The van der Waals surface area contributed by atoms with Gasteiger partial charge in [-0.3, -0.25) is 4.79 Å². The number of nitrogens with zero attached hydrogens (tertiary/aromatic N) is 4. The third-order valence-electron chi connectivity index (χ3n) is 3.89. The lowest BCUT2D eigenvalue weighted by Gasteiger charge is -2.03. The Morgan fingerprint density at radius 2 is 2.16 bits per heavy atom. The van der Waals surface area contributed by atoms with Crippen molar-refractivity contribution in [1.82, 2.24) is 25.2 Å². The van der Waals surface area contributed by atoms with Gasteiger partial charge in [0.15, 0.2) is 5.78 Å². The predicted molar refractivity (Wildman–Crippen MR) is 99.3 cm³/mol. The molecule has 0 atom stereocenters. The van der Waals surface area contributed by atoms with Crippen molar-refractivity contribution in [3.05, 3.63) is 57.9 Å². The Labute approximate surface area is 152 Å². The number of aromatic nitrogens is 5. The number of H-pyrrole nitrogens is 1. The van der Waals surface area contributed by atoms with E-state index in [-0.39, 0.29) is 5.78 Å². The first-order chi connectivity index (χ1) is 12.2. The largest absolute Gasteiger partial charge is 0.358 e. The second kappa shape index (κ2) is 6.81. The number of tetrazole rings is 1. The molecule has 0 fully saturated rings. The molecule has 0 aliphatic heterocycles. The number of rotatable bonds is 6. The second-order valence-electron chi connectivity index (χ2n) is 5.58. The van der Waals surface area contributed by atoms with Gasteiger partial charge >= 0.3 is 0 Å². The van der Waals surface area contributed by atoms with Gasteiger partial charge in [0.25, 0.3) is 0 Å². The molecular weight excluding hydrogens is 354 g/mol. The number of hydrogen-bond acceptors (Lipinski definition) is 6. The number of aromatic amines is 1. The third-order valence-corrected chi connectivity index (χ3v) is 5.71. The van der Waals surface area contributed by atoms with Crippen LogP contribution in [0.25, 0.3) is 10.9 Å². The summed E-state index contributed by atoms with van der Waals surface area (Å²) in [5.41, 5.74) is 2.63. The number of ketones is 1. The first-order valence-electron chi connectivity index (χ1n) is 7.74. The molecule has 6 nitrogen and oxygen atoms in total. The number of thioether (sulfide) groups is 1. The van der Waals surface area contributed by atoms with Crippen LogP contribution >= 0.6 is 23.1 Å². The number of carbonyl (C=O) groups excluding carboxylic acids is 1. The highest BCUT2D eigenvalue weighted by Gasteiger charge is 2.17. The van der Waals surface area contributed by atoms with Crippen molar-refractivity contribution in [1.29, 1.82) is 0 Å². The summed E-state index contributed by atoms with van der Waals surface area (Å²) in [6.45, 7) is 2.55. The number of fused-ring (bicyclic) bond motifs is 1. The van der Waals surface area contributed by atoms with E-state index in [4.69, 9.17) is 0 Å². The van der Waals surface area contributed by atoms with Crippen molar-refractivity contribution in [2.45, 2.75) is 18.6 Å². The van der Waals surface area contributed by atoms with E-state index in [2.05, 4.69) is 20.5 Å². The van der Waals surface area contributed by atoms with Crippen molar-refractivity contribution in [3.63, 3.8) is 0 Å². The molecule has 25 heavy (non-hydrogen) atoms. The maximum atomic E-state index is 12.7. The lowest BCUT2D eigenvalue weighted by Crippen LogP contribution is -2.07. The molecule has 1 aromatic carbocycles. The van der Waals surface area contributed by atoms with Gasteiger partial charge in [-0.1, -0.05) is 36.0 Å². The summed E-state index contributed by atoms with van der Waals surface area (Å²) in [6, 6.07) is 11.9. The molecule has 1 N–H and O–H groups in total. The van der Waals surface area contributed by atoms with E-state index in [9.17, 15) is 4.79 Å². The van der Waals surface area contributed by atoms with E-state index in [1.807, 2.05) is 48.7 Å². The Hall–Kier alpha value is -2.45. The fourth-order valence-electron chi connectivity index (χ4n) is 2.79. The van der Waals surface area contributed by atoms with E-state index in [0.717, 1.165) is 22.2 Å². The standard InChI is InChI=1S/C17H15N5OS2/c1-11-16(13-6-2-3-7-14(13)18-11)15(23)10-25-17-19-20-21-22(17)9-12-5-4-8-24-12/h2-8,18H,9-10H2,1H3. The molecule has 0 spiro atoms. The van der Waals surface area contributed by atoms with Gasteiger partial charge in [-0.2, -0.15) is 0 Å². The number of carbonyl (C=O) groups is 1. The van der Waals surface area contributed by atoms with Gasteiger partial charge in [0.1, 0.15) is 0 Å². The predicted octanol–water partition coefficient (Wildman–Crippen LogP) is 3.55. The van der Waals surface area contributed by atoms with E-state index in [1.54, 1.807) is 16.0 Å². The van der Waals surface area contributed by atoms with E-state index in [1.165, 1.54) is 16.6 Å². The molecule has 0 bridgehead atoms. The molecule has 0 unspecified atom stereocenters. The quantitative estimate of drug-likeness (QED) is 0.415. The van der Waals surface area contributed by atoms with Crippen molar-refractivity contribution in [3.8, 4) is 0 Å². The summed E-state index contributed by atoms with van der Waals surface area (Å²) in [7, 11) is 0. The van der Waals surface area contributed by atoms with E-state index < -0.39 is 0 Å². The van der Waals surface area contributed by atoms with Crippen molar-refractivity contribution < 1.29 is 4.79 Å². The maximum absolute atomic E-state index is 12.7. The Kier molecular flexibility index (Phi) is 4.37. The maximum Gasteiger partial charge on any atom is 0.210 e. The van der Waals surface area contributed by atoms with Gasteiger partial charge in [0, 0.05) is 27.0 Å². The van der Waals surface area contributed by atoms with Crippen LogP contribution in [0, 0.1) is 6.92 Å². The Bertz CT molecular complexity index is 1020. The highest BCUT2D eigenvalue weighted by atomic mass is 32.2. The summed E-state index contributed by atoms with van der Waals surface area (Å²) >= 11 is 3.03. The lowest BCUT2D eigenvalue weighted by molar-refractivity contribution is 0.102. The van der Waals surface area contributed by atoms with E-state index in [0.29, 0.717) is 17.5 Å². The summed E-state index contributed by atoms with van der Waals surface area (Å²) in [4.78, 5) is 17.2. The molecule has 0 aliphatic carbocycles. The number of Topliss-reactive ketones (excluding diaryl/α,β-unsaturated/α-hetero) is 1. The van der Waals surface area contributed by atoms with Crippen LogP contribution < -0.4 is 0 Å². The van der Waals surface area contributed by atoms with Crippen LogP contribution in [0.1, 0.15) is 20.9 Å². The second-order valence-corrected chi connectivity index (χ2v) is 7.56. The number of benzene rings is 1. The number of hydrogen-bond donors (Lipinski definition) is 1. The Balaban J connectivity index is 1.51. The topological polar surface area (TPSA) is 76.5 Å². The molecule has 0 aliphatic rings. The van der Waals surface area contributed by atoms with Crippen LogP contribution in [0.5, 0.6) is 0 Å². The minimum absolute atomic E-state index is 0.0747. The zero-order valence-corrected chi connectivity index (χ0v) is 15.1. The molecule has 8 heteroatoms. The van der Waals surface area contributed by atoms with Crippen LogP contribution in [0.2, 0.25) is 0 Å². The zero-order chi connectivity index (χ0) is 17.2. The SMILES string of the molecule is Cc1[nH]c2ccccc2c1C(=O)CSc1nnnn1Cc1cccs1. The average Bonchev–Trinajstić information content (AvgIpc) is 3.33. The van der Waals surface area contributed by atoms with Gasteiger partial charge < -0.3 is 4.98 Å². The van der Waals surface area contributed by atoms with Crippen LogP contribution in [-0.2, 0) is 6.54 Å². The summed E-state index contributed by atoms with van der Waals surface area (Å²) in [6.07, 6.45) is 0. The van der Waals surface area contributed by atoms with Gasteiger partial charge in [0.05, 0.1) is 12.3 Å². The number of thiophene rings is 1. The van der Waals surface area contributed by atoms with Crippen LogP contribution in [0.15, 0.2) is 46.9 Å². The third kappa shape index (κ3) is 3.22. The Morgan fingerprint density at radius 1 is 1.28 bits per heavy atom. The molecule has 0 saturated carbocycles. The van der Waals surface area contributed by atoms with Gasteiger partial charge in [0.2, 0.25) is 5.16 Å². The van der Waals surface area contributed by atoms with Crippen molar-refractivity contribution in [2.75, 3.05) is 5.75 Å². The van der Waals surface area contributed by atoms with Crippen molar-refractivity contribution >= 4 is 39.8 Å². The molecule has 3 aromatic heterocycles. The summed E-state index contributed by atoms with van der Waals surface area (Å²) in [5.74, 6) is 0.374. The highest BCUT2D eigenvalue weighted by molar-refractivity contribution is 7.99. The molecule has 126 valence electrons. The summed E-state index contributed by atoms with van der Waals surface area (Å²) < 4.78 is 1.73. The number of nitrogens with one attached hydrogen (secondary N) is 1. The first-order valence-corrected chi connectivity index (χ1v) is 9.61. The zero-order valence-electron chi connectivity index (χ0n) is 13.5. The molecule has 0 saturated heterocycles. The molecular formula is C17H15N5OS2. The first kappa shape index (κ1) is 16.0. The molecule has 4 aromatic rings.